The second-order valence-corrected chi connectivity index (χ2v) is 9.89. The van der Waals surface area contributed by atoms with Gasteiger partial charge in [0, 0.05) is 23.4 Å². The van der Waals surface area contributed by atoms with Crippen molar-refractivity contribution in [1.29, 1.82) is 0 Å². The van der Waals surface area contributed by atoms with Crippen LogP contribution < -0.4 is 4.74 Å². The van der Waals surface area contributed by atoms with Crippen LogP contribution >= 0.6 is 11.8 Å². The average Bonchev–Trinajstić information content (AvgIpc) is 3.54. The van der Waals surface area contributed by atoms with E-state index in [9.17, 15) is 9.59 Å². The zero-order valence-electron chi connectivity index (χ0n) is 20.2. The highest BCUT2D eigenvalue weighted by atomic mass is 32.2. The van der Waals surface area contributed by atoms with E-state index in [0.717, 1.165) is 36.6 Å². The minimum Gasteiger partial charge on any atom is -0.497 e. The summed E-state index contributed by atoms with van der Waals surface area (Å²) in [7, 11) is 1.63. The van der Waals surface area contributed by atoms with Crippen LogP contribution in [0.5, 0.6) is 5.75 Å². The quantitative estimate of drug-likeness (QED) is 0.350. The van der Waals surface area contributed by atoms with E-state index in [0.29, 0.717) is 34.2 Å². The Kier molecular flexibility index (Phi) is 7.23. The van der Waals surface area contributed by atoms with E-state index in [-0.39, 0.29) is 17.7 Å². The second kappa shape index (κ2) is 10.1. The van der Waals surface area contributed by atoms with Crippen molar-refractivity contribution >= 4 is 23.3 Å². The first kappa shape index (κ1) is 24.2. The molecule has 180 valence electrons. The number of nitrogens with zero attached hydrogens (tertiary/aromatic N) is 3. The molecule has 0 bridgehead atoms. The lowest BCUT2D eigenvalue weighted by molar-refractivity contribution is 0.0953. The lowest BCUT2D eigenvalue weighted by Gasteiger charge is -2.16. The molecule has 1 aliphatic rings. The first-order valence-corrected chi connectivity index (χ1v) is 12.3. The molecule has 1 saturated heterocycles. The maximum atomic E-state index is 13.3. The van der Waals surface area contributed by atoms with Gasteiger partial charge in [0.05, 0.1) is 30.7 Å². The van der Waals surface area contributed by atoms with Crippen molar-refractivity contribution in [3.05, 3.63) is 46.8 Å². The molecular formula is C25H30N4O4S. The van der Waals surface area contributed by atoms with Crippen molar-refractivity contribution in [3.8, 4) is 17.1 Å². The molecule has 0 radical (unpaired) electrons. The summed E-state index contributed by atoms with van der Waals surface area (Å²) in [4.78, 5) is 28.4. The second-order valence-electron chi connectivity index (χ2n) is 8.59. The number of ketones is 2. The van der Waals surface area contributed by atoms with Gasteiger partial charge in [0.15, 0.2) is 22.5 Å². The molecule has 0 spiro atoms. The summed E-state index contributed by atoms with van der Waals surface area (Å²) in [5, 5.41) is 9.14. The minimum absolute atomic E-state index is 0.0500. The number of thioether (sulfide) groups is 1. The van der Waals surface area contributed by atoms with Crippen LogP contribution in [0.3, 0.4) is 0 Å². The van der Waals surface area contributed by atoms with E-state index in [4.69, 9.17) is 9.47 Å². The van der Waals surface area contributed by atoms with E-state index in [1.165, 1.54) is 18.7 Å². The molecule has 1 aromatic carbocycles. The Hall–Kier alpha value is -2.91. The number of nitrogens with one attached hydrogen (secondary N) is 1. The number of aromatic amines is 1. The van der Waals surface area contributed by atoms with Crippen molar-refractivity contribution < 1.29 is 19.1 Å². The van der Waals surface area contributed by atoms with Gasteiger partial charge < -0.3 is 14.5 Å². The number of aromatic nitrogens is 4. The molecule has 1 aliphatic heterocycles. The van der Waals surface area contributed by atoms with Crippen LogP contribution in [0.1, 0.15) is 58.8 Å². The first-order chi connectivity index (χ1) is 16.3. The lowest BCUT2D eigenvalue weighted by atomic mass is 10.0. The summed E-state index contributed by atoms with van der Waals surface area (Å²) in [5.41, 5.74) is 3.39. The maximum Gasteiger partial charge on any atom is 0.192 e. The number of carbonyl (C=O) groups excluding carboxylic acids is 2. The molecule has 3 heterocycles. The Morgan fingerprint density at radius 2 is 2.00 bits per heavy atom. The largest absolute Gasteiger partial charge is 0.497 e. The van der Waals surface area contributed by atoms with Crippen LogP contribution in [0.2, 0.25) is 0 Å². The van der Waals surface area contributed by atoms with Crippen molar-refractivity contribution in [2.75, 3.05) is 13.7 Å². The van der Waals surface area contributed by atoms with E-state index in [2.05, 4.69) is 15.2 Å². The summed E-state index contributed by atoms with van der Waals surface area (Å²) < 4.78 is 13.2. The third kappa shape index (κ3) is 4.81. The summed E-state index contributed by atoms with van der Waals surface area (Å²) in [6.45, 7) is 8.38. The van der Waals surface area contributed by atoms with Crippen LogP contribution in [0.4, 0.5) is 0 Å². The Labute approximate surface area is 203 Å². The topological polar surface area (TPSA) is 99.1 Å². The van der Waals surface area contributed by atoms with E-state index in [1.807, 2.05) is 49.6 Å². The number of carbonyl (C=O) groups is 2. The predicted molar refractivity (Wildman–Crippen MR) is 131 cm³/mol. The normalized spacial score (nSPS) is 16.6. The SMILES string of the molecule is COc1ccc(-c2nnc(S[C@H](C)C(=O)c3[nH]c(C)c(C(C)=O)c3C)n2C[C@@H]2CCCO2)cc1. The molecule has 0 amide bonds. The molecule has 1 fully saturated rings. The molecule has 9 heteroatoms. The van der Waals surface area contributed by atoms with Crippen molar-refractivity contribution in [2.45, 2.75) is 63.6 Å². The fourth-order valence-corrected chi connectivity index (χ4v) is 5.34. The van der Waals surface area contributed by atoms with E-state index in [1.54, 1.807) is 7.11 Å². The predicted octanol–water partition coefficient (Wildman–Crippen LogP) is 4.64. The van der Waals surface area contributed by atoms with Gasteiger partial charge in [-0.15, -0.1) is 10.2 Å². The summed E-state index contributed by atoms with van der Waals surface area (Å²) >= 11 is 1.37. The fraction of sp³-hybridized carbons (Fsp3) is 0.440. The number of aryl methyl sites for hydroxylation is 1. The number of methoxy groups -OCH3 is 1. The fourth-order valence-electron chi connectivity index (χ4n) is 4.43. The van der Waals surface area contributed by atoms with Gasteiger partial charge in [0.25, 0.3) is 0 Å². The lowest BCUT2D eigenvalue weighted by Crippen LogP contribution is -2.19. The Bertz CT molecular complexity index is 1190. The monoisotopic (exact) mass is 482 g/mol. The molecular weight excluding hydrogens is 452 g/mol. The maximum absolute atomic E-state index is 13.3. The standard InChI is InChI=1S/C25H30N4O4S/c1-14-21(16(3)30)15(2)26-22(14)23(31)17(4)34-25-28-27-24(18-8-10-19(32-5)11-9-18)29(25)13-20-7-6-12-33-20/h8-11,17,20,26H,6-7,12-13H2,1-5H3/t17-,20+/m1/s1. The van der Waals surface area contributed by atoms with Gasteiger partial charge >= 0.3 is 0 Å². The molecule has 2 aromatic heterocycles. The van der Waals surface area contributed by atoms with Gasteiger partial charge in [0.2, 0.25) is 0 Å². The number of benzene rings is 1. The molecule has 0 unspecified atom stereocenters. The molecule has 34 heavy (non-hydrogen) atoms. The number of ether oxygens (including phenoxy) is 2. The van der Waals surface area contributed by atoms with Crippen LogP contribution in [0.25, 0.3) is 11.4 Å². The van der Waals surface area contributed by atoms with Crippen molar-refractivity contribution in [3.63, 3.8) is 0 Å². The van der Waals surface area contributed by atoms with Gasteiger partial charge in [-0.2, -0.15) is 0 Å². The molecule has 2 atom stereocenters. The highest BCUT2D eigenvalue weighted by molar-refractivity contribution is 8.00. The summed E-state index contributed by atoms with van der Waals surface area (Å²) in [6, 6.07) is 7.68. The first-order valence-electron chi connectivity index (χ1n) is 11.4. The number of H-pyrrole nitrogens is 1. The Morgan fingerprint density at radius 3 is 2.59 bits per heavy atom. The molecule has 8 nitrogen and oxygen atoms in total. The third-order valence-corrected chi connectivity index (χ3v) is 7.24. The van der Waals surface area contributed by atoms with Crippen molar-refractivity contribution in [2.24, 2.45) is 0 Å². The molecule has 1 N–H and O–H groups in total. The average molecular weight is 483 g/mol. The highest BCUT2D eigenvalue weighted by Gasteiger charge is 2.28. The van der Waals surface area contributed by atoms with Crippen LogP contribution in [-0.2, 0) is 11.3 Å². The van der Waals surface area contributed by atoms with E-state index >= 15 is 0 Å². The van der Waals surface area contributed by atoms with Gasteiger partial charge in [-0.05, 0) is 70.4 Å². The number of rotatable bonds is 9. The number of hydrogen-bond acceptors (Lipinski definition) is 7. The van der Waals surface area contributed by atoms with E-state index < -0.39 is 5.25 Å². The number of Topliss-reactive ketones (excluding diaryl/α,β-unsaturated/α-hetero) is 2. The van der Waals surface area contributed by atoms with Crippen LogP contribution in [0, 0.1) is 13.8 Å². The number of hydrogen-bond donors (Lipinski definition) is 1. The van der Waals surface area contributed by atoms with Gasteiger partial charge in [0.1, 0.15) is 5.75 Å². The third-order valence-electron chi connectivity index (χ3n) is 6.16. The van der Waals surface area contributed by atoms with Gasteiger partial charge in [-0.3, -0.25) is 14.2 Å². The molecule has 4 rings (SSSR count). The van der Waals surface area contributed by atoms with Crippen molar-refractivity contribution in [1.82, 2.24) is 19.7 Å². The Morgan fingerprint density at radius 1 is 1.26 bits per heavy atom. The zero-order valence-corrected chi connectivity index (χ0v) is 21.0. The zero-order chi connectivity index (χ0) is 24.4. The summed E-state index contributed by atoms with van der Waals surface area (Å²) in [6.07, 6.45) is 2.10. The van der Waals surface area contributed by atoms with Gasteiger partial charge in [-0.1, -0.05) is 11.8 Å². The Balaban J connectivity index is 1.63. The summed E-state index contributed by atoms with van der Waals surface area (Å²) in [5.74, 6) is 1.37. The highest BCUT2D eigenvalue weighted by Crippen LogP contribution is 2.31. The van der Waals surface area contributed by atoms with Gasteiger partial charge in [-0.25, -0.2) is 0 Å². The van der Waals surface area contributed by atoms with Crippen LogP contribution in [0.15, 0.2) is 29.4 Å². The molecule has 3 aromatic rings. The smallest absolute Gasteiger partial charge is 0.192 e. The molecule has 0 aliphatic carbocycles. The molecule has 0 saturated carbocycles. The minimum atomic E-state index is -0.423. The van der Waals surface area contributed by atoms with Crippen LogP contribution in [-0.4, -0.2) is 56.4 Å².